The van der Waals surface area contributed by atoms with E-state index in [2.05, 4.69) is 4.98 Å². The number of ether oxygens (including phenoxy) is 3. The minimum Gasteiger partial charge on any atom is -0.493 e. The highest BCUT2D eigenvalue weighted by molar-refractivity contribution is 5.92. The van der Waals surface area contributed by atoms with E-state index in [0.29, 0.717) is 33.9 Å². The molecular weight excluding hydrogens is 286 g/mol. The van der Waals surface area contributed by atoms with Gasteiger partial charge in [0.15, 0.2) is 23.5 Å². The lowest BCUT2D eigenvalue weighted by atomic mass is 10.2. The first-order valence-electron chi connectivity index (χ1n) is 6.48. The second kappa shape index (κ2) is 5.77. The van der Waals surface area contributed by atoms with Gasteiger partial charge in [0.25, 0.3) is 0 Å². The molecule has 1 heterocycles. The molecule has 0 fully saturated rings. The van der Waals surface area contributed by atoms with Crippen LogP contribution in [0, 0.1) is 0 Å². The number of hydrogen-bond acceptors (Lipinski definition) is 6. The van der Waals surface area contributed by atoms with Crippen LogP contribution in [-0.4, -0.2) is 25.2 Å². The maximum Gasteiger partial charge on any atom is 0.343 e. The van der Waals surface area contributed by atoms with E-state index in [1.54, 1.807) is 36.4 Å². The third-order valence-electron chi connectivity index (χ3n) is 3.13. The molecular formula is C16H13NO5. The van der Waals surface area contributed by atoms with E-state index in [0.717, 1.165) is 0 Å². The van der Waals surface area contributed by atoms with Crippen molar-refractivity contribution >= 4 is 17.1 Å². The van der Waals surface area contributed by atoms with Gasteiger partial charge in [0.05, 0.1) is 19.8 Å². The molecule has 6 nitrogen and oxygen atoms in total. The topological polar surface area (TPSA) is 70.8 Å². The van der Waals surface area contributed by atoms with Gasteiger partial charge in [-0.1, -0.05) is 0 Å². The molecule has 3 aromatic rings. The van der Waals surface area contributed by atoms with Crippen LogP contribution in [0.25, 0.3) is 11.1 Å². The van der Waals surface area contributed by atoms with E-state index in [-0.39, 0.29) is 0 Å². The van der Waals surface area contributed by atoms with Crippen LogP contribution in [0.3, 0.4) is 0 Å². The Bertz CT molecular complexity index is 824. The molecule has 0 aliphatic rings. The van der Waals surface area contributed by atoms with Gasteiger partial charge in [-0.2, -0.15) is 0 Å². The van der Waals surface area contributed by atoms with Crippen LogP contribution in [0.15, 0.2) is 47.2 Å². The van der Waals surface area contributed by atoms with Gasteiger partial charge in [-0.3, -0.25) is 0 Å². The van der Waals surface area contributed by atoms with Gasteiger partial charge < -0.3 is 18.6 Å². The average Bonchev–Trinajstić information content (AvgIpc) is 3.01. The van der Waals surface area contributed by atoms with E-state index in [4.69, 9.17) is 18.6 Å². The molecule has 0 aliphatic heterocycles. The first-order chi connectivity index (χ1) is 10.7. The number of fused-ring (bicyclic) bond motifs is 1. The average molecular weight is 299 g/mol. The predicted octanol–water partition coefficient (Wildman–Crippen LogP) is 3.06. The number of hydrogen-bond donors (Lipinski definition) is 0. The maximum absolute atomic E-state index is 12.2. The molecule has 0 amide bonds. The molecule has 0 saturated carbocycles. The molecule has 1 aromatic heterocycles. The van der Waals surface area contributed by atoms with Crippen molar-refractivity contribution in [3.63, 3.8) is 0 Å². The number of aromatic nitrogens is 1. The Morgan fingerprint density at radius 3 is 2.64 bits per heavy atom. The molecule has 0 radical (unpaired) electrons. The predicted molar refractivity (Wildman–Crippen MR) is 78.5 cm³/mol. The molecule has 0 spiro atoms. The second-order valence-electron chi connectivity index (χ2n) is 4.44. The summed E-state index contributed by atoms with van der Waals surface area (Å²) in [5, 5.41) is 0. The highest BCUT2D eigenvalue weighted by Crippen LogP contribution is 2.28. The molecule has 0 unspecified atom stereocenters. The summed E-state index contributed by atoms with van der Waals surface area (Å²) in [6.07, 6.45) is 1.34. The molecule has 112 valence electrons. The first-order valence-corrected chi connectivity index (χ1v) is 6.48. The fourth-order valence-corrected chi connectivity index (χ4v) is 2.03. The Balaban J connectivity index is 1.84. The second-order valence-corrected chi connectivity index (χ2v) is 4.44. The van der Waals surface area contributed by atoms with Crippen LogP contribution in [-0.2, 0) is 0 Å². The van der Waals surface area contributed by atoms with Gasteiger partial charge in [-0.15, -0.1) is 0 Å². The molecule has 22 heavy (non-hydrogen) atoms. The zero-order valence-corrected chi connectivity index (χ0v) is 12.0. The number of carbonyl (C=O) groups is 1. The Morgan fingerprint density at radius 1 is 1.05 bits per heavy atom. The molecule has 0 bridgehead atoms. The quantitative estimate of drug-likeness (QED) is 0.544. The number of carbonyl (C=O) groups excluding carboxylic acids is 1. The molecule has 0 saturated heterocycles. The van der Waals surface area contributed by atoms with Crippen LogP contribution in [0.2, 0.25) is 0 Å². The molecule has 0 atom stereocenters. The summed E-state index contributed by atoms with van der Waals surface area (Å²) in [7, 11) is 3.04. The lowest BCUT2D eigenvalue weighted by molar-refractivity contribution is 0.0734. The summed E-state index contributed by atoms with van der Waals surface area (Å²) >= 11 is 0. The molecule has 0 N–H and O–H groups in total. The number of methoxy groups -OCH3 is 2. The lowest BCUT2D eigenvalue weighted by Gasteiger charge is -2.09. The van der Waals surface area contributed by atoms with E-state index in [1.165, 1.54) is 20.6 Å². The van der Waals surface area contributed by atoms with Crippen LogP contribution < -0.4 is 14.2 Å². The first kappa shape index (κ1) is 13.9. The Labute approximate surface area is 126 Å². The van der Waals surface area contributed by atoms with E-state index < -0.39 is 5.97 Å². The number of rotatable bonds is 4. The SMILES string of the molecule is COc1ccc(C(=O)Oc2ccc3ocnc3c2)cc1OC. The summed E-state index contributed by atoms with van der Waals surface area (Å²) in [5.41, 5.74) is 1.61. The molecule has 0 aliphatic carbocycles. The number of esters is 1. The van der Waals surface area contributed by atoms with Crippen LogP contribution in [0.4, 0.5) is 0 Å². The van der Waals surface area contributed by atoms with Gasteiger partial charge >= 0.3 is 5.97 Å². The highest BCUT2D eigenvalue weighted by atomic mass is 16.5. The van der Waals surface area contributed by atoms with Gasteiger partial charge in [0.2, 0.25) is 0 Å². The van der Waals surface area contributed by atoms with Crippen LogP contribution in [0.1, 0.15) is 10.4 Å². The van der Waals surface area contributed by atoms with Gasteiger partial charge in [-0.05, 0) is 30.3 Å². The smallest absolute Gasteiger partial charge is 0.343 e. The third kappa shape index (κ3) is 2.58. The monoisotopic (exact) mass is 299 g/mol. The van der Waals surface area contributed by atoms with Gasteiger partial charge in [0.1, 0.15) is 11.3 Å². The summed E-state index contributed by atoms with van der Waals surface area (Å²) in [6.45, 7) is 0. The molecule has 3 rings (SSSR count). The fraction of sp³-hybridized carbons (Fsp3) is 0.125. The van der Waals surface area contributed by atoms with E-state index in [1.807, 2.05) is 0 Å². The summed E-state index contributed by atoms with van der Waals surface area (Å²) in [6, 6.07) is 9.80. The van der Waals surface area contributed by atoms with Crippen LogP contribution >= 0.6 is 0 Å². The Hall–Kier alpha value is -3.02. The standard InChI is InChI=1S/C16H13NO5/c1-19-14-5-3-10(7-15(14)20-2)16(18)22-11-4-6-13-12(8-11)17-9-21-13/h3-9H,1-2H3. The normalized spacial score (nSPS) is 10.5. The Kier molecular flexibility index (Phi) is 3.65. The highest BCUT2D eigenvalue weighted by Gasteiger charge is 2.13. The minimum atomic E-state index is -0.496. The van der Waals surface area contributed by atoms with Crippen molar-refractivity contribution in [3.8, 4) is 17.2 Å². The van der Waals surface area contributed by atoms with E-state index in [9.17, 15) is 4.79 Å². The van der Waals surface area contributed by atoms with Crippen molar-refractivity contribution in [1.29, 1.82) is 0 Å². The van der Waals surface area contributed by atoms with Crippen molar-refractivity contribution in [2.24, 2.45) is 0 Å². The van der Waals surface area contributed by atoms with Gasteiger partial charge in [-0.25, -0.2) is 9.78 Å². The van der Waals surface area contributed by atoms with Crippen molar-refractivity contribution in [2.75, 3.05) is 14.2 Å². The number of benzene rings is 2. The lowest BCUT2D eigenvalue weighted by Crippen LogP contribution is -2.08. The minimum absolute atomic E-state index is 0.359. The molecule has 6 heteroatoms. The third-order valence-corrected chi connectivity index (χ3v) is 3.13. The van der Waals surface area contributed by atoms with Crippen molar-refractivity contribution in [1.82, 2.24) is 4.98 Å². The summed E-state index contributed by atoms with van der Waals surface area (Å²) in [5.74, 6) is 0.900. The van der Waals surface area contributed by atoms with Crippen molar-refractivity contribution in [2.45, 2.75) is 0 Å². The Morgan fingerprint density at radius 2 is 1.86 bits per heavy atom. The zero-order valence-electron chi connectivity index (χ0n) is 12.0. The maximum atomic E-state index is 12.2. The van der Waals surface area contributed by atoms with E-state index >= 15 is 0 Å². The van der Waals surface area contributed by atoms with Crippen molar-refractivity contribution < 1.29 is 23.4 Å². The van der Waals surface area contributed by atoms with Crippen molar-refractivity contribution in [3.05, 3.63) is 48.4 Å². The zero-order chi connectivity index (χ0) is 15.5. The summed E-state index contributed by atoms with van der Waals surface area (Å²) in [4.78, 5) is 16.2. The fourth-order valence-electron chi connectivity index (χ4n) is 2.03. The molecule has 2 aromatic carbocycles. The summed E-state index contributed by atoms with van der Waals surface area (Å²) < 4.78 is 20.8. The van der Waals surface area contributed by atoms with Gasteiger partial charge in [0, 0.05) is 6.07 Å². The number of nitrogens with zero attached hydrogens (tertiary/aromatic N) is 1. The number of oxazole rings is 1. The van der Waals surface area contributed by atoms with Crippen LogP contribution in [0.5, 0.6) is 17.2 Å². The largest absolute Gasteiger partial charge is 0.493 e.